The highest BCUT2D eigenvalue weighted by atomic mass is 35.5. The lowest BCUT2D eigenvalue weighted by Crippen LogP contribution is -2.01. The van der Waals surface area contributed by atoms with E-state index in [1.807, 2.05) is 0 Å². The van der Waals surface area contributed by atoms with Crippen molar-refractivity contribution in [2.24, 2.45) is 5.10 Å². The lowest BCUT2D eigenvalue weighted by atomic mass is 10.1. The summed E-state index contributed by atoms with van der Waals surface area (Å²) in [4.78, 5) is 10.2. The van der Waals surface area contributed by atoms with Crippen molar-refractivity contribution in [3.63, 3.8) is 0 Å². The average Bonchev–Trinajstić information content (AvgIpc) is 2.48. The van der Waals surface area contributed by atoms with Gasteiger partial charge in [-0.15, -0.1) is 0 Å². The lowest BCUT2D eigenvalue weighted by molar-refractivity contribution is -0.384. The predicted octanol–water partition coefficient (Wildman–Crippen LogP) is 4.44. The molecule has 0 unspecified atom stereocenters. The number of halogens is 2. The number of nitrogens with one attached hydrogen (secondary N) is 1. The van der Waals surface area contributed by atoms with Crippen LogP contribution in [0.5, 0.6) is 5.75 Å². The van der Waals surface area contributed by atoms with Gasteiger partial charge in [-0.1, -0.05) is 29.3 Å². The van der Waals surface area contributed by atoms with Crippen molar-refractivity contribution >= 4 is 40.3 Å². The first-order valence-corrected chi connectivity index (χ1v) is 6.87. The van der Waals surface area contributed by atoms with Crippen LogP contribution in [0.4, 0.5) is 11.4 Å². The fraction of sp³-hybridized carbons (Fsp3) is 0.0714. The fourth-order valence-corrected chi connectivity index (χ4v) is 2.23. The second-order valence-corrected chi connectivity index (χ2v) is 5.24. The molecule has 0 spiro atoms. The summed E-state index contributed by atoms with van der Waals surface area (Å²) < 4.78 is 0. The third-order valence-electron chi connectivity index (χ3n) is 2.83. The maximum Gasteiger partial charge on any atom is 0.271 e. The monoisotopic (exact) mass is 339 g/mol. The van der Waals surface area contributed by atoms with Crippen LogP contribution >= 0.6 is 23.2 Å². The minimum Gasteiger partial charge on any atom is -0.506 e. The lowest BCUT2D eigenvalue weighted by Gasteiger charge is -2.07. The van der Waals surface area contributed by atoms with E-state index in [2.05, 4.69) is 10.5 Å². The van der Waals surface area contributed by atoms with Gasteiger partial charge in [0.05, 0.1) is 21.3 Å². The van der Waals surface area contributed by atoms with Gasteiger partial charge in [0.1, 0.15) is 5.75 Å². The maximum atomic E-state index is 10.7. The van der Waals surface area contributed by atoms with Gasteiger partial charge >= 0.3 is 0 Å². The molecule has 0 bridgehead atoms. The molecule has 0 heterocycles. The smallest absolute Gasteiger partial charge is 0.271 e. The molecule has 2 rings (SSSR count). The largest absolute Gasteiger partial charge is 0.506 e. The van der Waals surface area contributed by atoms with Crippen LogP contribution in [-0.4, -0.2) is 15.7 Å². The number of rotatable bonds is 4. The Balaban J connectivity index is 2.27. The van der Waals surface area contributed by atoms with E-state index in [1.165, 1.54) is 24.3 Å². The van der Waals surface area contributed by atoms with Crippen molar-refractivity contribution in [2.75, 3.05) is 5.43 Å². The number of phenols is 1. The number of nitro groups is 1. The summed E-state index contributed by atoms with van der Waals surface area (Å²) in [5.41, 5.74) is 3.88. The zero-order chi connectivity index (χ0) is 16.3. The van der Waals surface area contributed by atoms with Crippen LogP contribution in [-0.2, 0) is 0 Å². The minimum atomic E-state index is -0.496. The van der Waals surface area contributed by atoms with Crippen LogP contribution in [0.3, 0.4) is 0 Å². The Morgan fingerprint density at radius 3 is 2.73 bits per heavy atom. The molecular weight excluding hydrogens is 329 g/mol. The number of hydrogen-bond acceptors (Lipinski definition) is 5. The zero-order valence-corrected chi connectivity index (χ0v) is 12.9. The van der Waals surface area contributed by atoms with Crippen LogP contribution < -0.4 is 5.43 Å². The number of hydrazone groups is 1. The molecule has 2 aromatic carbocycles. The quantitative estimate of drug-likeness (QED) is 0.489. The number of aromatic hydroxyl groups is 1. The Morgan fingerprint density at radius 1 is 1.32 bits per heavy atom. The topological polar surface area (TPSA) is 87.8 Å². The number of benzene rings is 2. The average molecular weight is 340 g/mol. The van der Waals surface area contributed by atoms with Gasteiger partial charge in [-0.25, -0.2) is 0 Å². The first-order chi connectivity index (χ1) is 10.4. The molecule has 0 amide bonds. The molecule has 22 heavy (non-hydrogen) atoms. The maximum absolute atomic E-state index is 10.7. The van der Waals surface area contributed by atoms with Gasteiger partial charge in [0.15, 0.2) is 0 Å². The van der Waals surface area contributed by atoms with Crippen molar-refractivity contribution in [1.82, 2.24) is 0 Å². The summed E-state index contributed by atoms with van der Waals surface area (Å²) in [6.45, 7) is 1.64. The van der Waals surface area contributed by atoms with Gasteiger partial charge in [-0.05, 0) is 25.1 Å². The number of nitro benzene ring substituents is 1. The molecule has 6 nitrogen and oxygen atoms in total. The molecule has 0 aliphatic rings. The second-order valence-electron chi connectivity index (χ2n) is 4.40. The summed E-state index contributed by atoms with van der Waals surface area (Å²) in [7, 11) is 0. The Hall–Kier alpha value is -2.31. The van der Waals surface area contributed by atoms with E-state index < -0.39 is 4.92 Å². The van der Waals surface area contributed by atoms with Crippen molar-refractivity contribution in [3.8, 4) is 5.75 Å². The van der Waals surface area contributed by atoms with E-state index in [9.17, 15) is 15.2 Å². The Morgan fingerprint density at radius 2 is 2.05 bits per heavy atom. The van der Waals surface area contributed by atoms with Gasteiger partial charge in [0, 0.05) is 22.7 Å². The van der Waals surface area contributed by atoms with E-state index in [4.69, 9.17) is 23.2 Å². The molecule has 0 aliphatic heterocycles. The molecule has 0 atom stereocenters. The Labute approximate surface area is 136 Å². The standard InChI is InChI=1S/C14H11Cl2N3O3/c1-8(12-5-9(15)6-13(16)14(12)20)17-18-10-3-2-4-11(7-10)19(21)22/h2-7,18,20H,1H3/b17-8-. The molecule has 0 fully saturated rings. The highest BCUT2D eigenvalue weighted by Gasteiger charge is 2.11. The van der Waals surface area contributed by atoms with Gasteiger partial charge in [0.2, 0.25) is 0 Å². The molecule has 2 aromatic rings. The highest BCUT2D eigenvalue weighted by molar-refractivity contribution is 6.36. The van der Waals surface area contributed by atoms with Gasteiger partial charge in [0.25, 0.3) is 5.69 Å². The molecule has 0 saturated heterocycles. The number of nitrogens with zero attached hydrogens (tertiary/aromatic N) is 2. The Bertz CT molecular complexity index is 763. The predicted molar refractivity (Wildman–Crippen MR) is 87.1 cm³/mol. The number of phenolic OH excluding ortho intramolecular Hbond substituents is 1. The fourth-order valence-electron chi connectivity index (χ4n) is 1.74. The van der Waals surface area contributed by atoms with Crippen LogP contribution in [0, 0.1) is 10.1 Å². The molecule has 0 saturated carbocycles. The summed E-state index contributed by atoms with van der Waals surface area (Å²) >= 11 is 11.7. The summed E-state index contributed by atoms with van der Waals surface area (Å²) in [6.07, 6.45) is 0. The third-order valence-corrected chi connectivity index (χ3v) is 3.33. The van der Waals surface area contributed by atoms with Gasteiger partial charge in [-0.2, -0.15) is 5.10 Å². The van der Waals surface area contributed by atoms with Crippen LogP contribution in [0.25, 0.3) is 0 Å². The van der Waals surface area contributed by atoms with Gasteiger partial charge < -0.3 is 5.11 Å². The summed E-state index contributed by atoms with van der Waals surface area (Å²) in [5, 5.41) is 25.2. The first kappa shape index (κ1) is 16.1. The zero-order valence-electron chi connectivity index (χ0n) is 11.4. The molecule has 0 aliphatic carbocycles. The van der Waals surface area contributed by atoms with Crippen molar-refractivity contribution in [3.05, 3.63) is 62.1 Å². The second kappa shape index (κ2) is 6.64. The Kier molecular flexibility index (Phi) is 4.85. The normalized spacial score (nSPS) is 11.3. The number of hydrogen-bond donors (Lipinski definition) is 2. The van der Waals surface area contributed by atoms with Gasteiger partial charge in [-0.3, -0.25) is 15.5 Å². The van der Waals surface area contributed by atoms with E-state index in [-0.39, 0.29) is 16.5 Å². The van der Waals surface area contributed by atoms with Crippen molar-refractivity contribution < 1.29 is 10.0 Å². The number of anilines is 1. The minimum absolute atomic E-state index is 0.0495. The van der Waals surface area contributed by atoms with Crippen LogP contribution in [0.2, 0.25) is 10.0 Å². The van der Waals surface area contributed by atoms with Crippen LogP contribution in [0.1, 0.15) is 12.5 Å². The van der Waals surface area contributed by atoms with Crippen molar-refractivity contribution in [1.29, 1.82) is 0 Å². The summed E-state index contributed by atoms with van der Waals surface area (Å²) in [6, 6.07) is 8.85. The van der Waals surface area contributed by atoms with E-state index in [0.29, 0.717) is 22.0 Å². The summed E-state index contributed by atoms with van der Waals surface area (Å²) in [5.74, 6) is -0.131. The van der Waals surface area contributed by atoms with Crippen molar-refractivity contribution in [2.45, 2.75) is 6.92 Å². The first-order valence-electron chi connectivity index (χ1n) is 6.11. The molecule has 114 valence electrons. The van der Waals surface area contributed by atoms with E-state index >= 15 is 0 Å². The molecule has 2 N–H and O–H groups in total. The molecular formula is C14H11Cl2N3O3. The molecule has 0 radical (unpaired) electrons. The highest BCUT2D eigenvalue weighted by Crippen LogP contribution is 2.31. The SMILES string of the molecule is C/C(=N/Nc1cccc([N+](=O)[O-])c1)c1cc(Cl)cc(Cl)c1O. The third kappa shape index (κ3) is 3.66. The van der Waals surface area contributed by atoms with Crippen LogP contribution in [0.15, 0.2) is 41.5 Å². The molecule has 8 heteroatoms. The molecule has 0 aromatic heterocycles. The van der Waals surface area contributed by atoms with E-state index in [1.54, 1.807) is 19.1 Å². The number of non-ortho nitro benzene ring substituents is 1. The van der Waals surface area contributed by atoms with E-state index in [0.717, 1.165) is 0 Å².